The molecule has 3 aromatic rings. The van der Waals surface area contributed by atoms with Gasteiger partial charge in [0.25, 0.3) is 5.91 Å². The average molecular weight is 434 g/mol. The number of rotatable bonds is 8. The van der Waals surface area contributed by atoms with Crippen molar-refractivity contribution in [1.82, 2.24) is 5.32 Å². The second-order valence-corrected chi connectivity index (χ2v) is 6.68. The summed E-state index contributed by atoms with van der Waals surface area (Å²) >= 11 is 12.1. The molecule has 29 heavy (non-hydrogen) atoms. The minimum Gasteiger partial charge on any atom is -0.487 e. The average Bonchev–Trinajstić information content (AvgIpc) is 3.26. The van der Waals surface area contributed by atoms with Crippen molar-refractivity contribution >= 4 is 35.1 Å². The third kappa shape index (κ3) is 5.53. The van der Waals surface area contributed by atoms with E-state index in [0.717, 1.165) is 0 Å². The van der Waals surface area contributed by atoms with Gasteiger partial charge < -0.3 is 19.2 Å². The lowest BCUT2D eigenvalue weighted by Crippen LogP contribution is -2.35. The van der Waals surface area contributed by atoms with E-state index in [1.807, 2.05) is 0 Å². The van der Waals surface area contributed by atoms with Gasteiger partial charge in [-0.05, 0) is 29.8 Å². The van der Waals surface area contributed by atoms with Crippen LogP contribution in [0.4, 0.5) is 0 Å². The molecule has 2 aromatic carbocycles. The van der Waals surface area contributed by atoms with Gasteiger partial charge >= 0.3 is 5.97 Å². The summed E-state index contributed by atoms with van der Waals surface area (Å²) in [5.74, 6) is -0.752. The SMILES string of the molecule is O=C(NC(C(=O)OCCOc1c(Cl)cccc1Cl)c1ccccc1)c1ccco1. The maximum atomic E-state index is 12.6. The van der Waals surface area contributed by atoms with Gasteiger partial charge in [-0.3, -0.25) is 4.79 Å². The van der Waals surface area contributed by atoms with Gasteiger partial charge in [0.1, 0.15) is 13.2 Å². The molecule has 0 aliphatic heterocycles. The number of hydrogen-bond acceptors (Lipinski definition) is 5. The number of nitrogens with one attached hydrogen (secondary N) is 1. The summed E-state index contributed by atoms with van der Waals surface area (Å²) in [5, 5.41) is 3.34. The highest BCUT2D eigenvalue weighted by Gasteiger charge is 2.25. The van der Waals surface area contributed by atoms with Crippen LogP contribution in [-0.4, -0.2) is 25.1 Å². The summed E-state index contributed by atoms with van der Waals surface area (Å²) in [7, 11) is 0. The van der Waals surface area contributed by atoms with Crippen molar-refractivity contribution in [2.24, 2.45) is 0 Å². The van der Waals surface area contributed by atoms with Crippen molar-refractivity contribution in [2.45, 2.75) is 6.04 Å². The maximum Gasteiger partial charge on any atom is 0.333 e. The third-order valence-corrected chi connectivity index (χ3v) is 4.48. The van der Waals surface area contributed by atoms with Gasteiger partial charge in [0.2, 0.25) is 0 Å². The Labute approximate surface area is 177 Å². The smallest absolute Gasteiger partial charge is 0.333 e. The molecule has 6 nitrogen and oxygen atoms in total. The number of carbonyl (C=O) groups excluding carboxylic acids is 2. The number of furan rings is 1. The lowest BCUT2D eigenvalue weighted by molar-refractivity contribution is -0.146. The summed E-state index contributed by atoms with van der Waals surface area (Å²) in [6.45, 7) is -0.0107. The van der Waals surface area contributed by atoms with Crippen molar-refractivity contribution in [2.75, 3.05) is 13.2 Å². The van der Waals surface area contributed by atoms with Crippen LogP contribution in [-0.2, 0) is 9.53 Å². The van der Waals surface area contributed by atoms with Crippen LogP contribution in [0.3, 0.4) is 0 Å². The lowest BCUT2D eigenvalue weighted by atomic mass is 10.1. The van der Waals surface area contributed by atoms with Crippen molar-refractivity contribution in [3.63, 3.8) is 0 Å². The highest BCUT2D eigenvalue weighted by atomic mass is 35.5. The van der Waals surface area contributed by atoms with Crippen LogP contribution in [0.25, 0.3) is 0 Å². The van der Waals surface area contributed by atoms with Crippen LogP contribution < -0.4 is 10.1 Å². The molecule has 8 heteroatoms. The molecule has 0 bridgehead atoms. The van der Waals surface area contributed by atoms with E-state index in [4.69, 9.17) is 37.1 Å². The lowest BCUT2D eigenvalue weighted by Gasteiger charge is -2.18. The molecule has 3 rings (SSSR count). The van der Waals surface area contributed by atoms with Crippen LogP contribution >= 0.6 is 23.2 Å². The minimum absolute atomic E-state index is 0.0445. The molecule has 1 N–H and O–H groups in total. The van der Waals surface area contributed by atoms with Crippen molar-refractivity contribution < 1.29 is 23.5 Å². The van der Waals surface area contributed by atoms with E-state index in [1.54, 1.807) is 54.6 Å². The first-order valence-corrected chi connectivity index (χ1v) is 9.44. The van der Waals surface area contributed by atoms with Crippen LogP contribution in [0.1, 0.15) is 22.2 Å². The Morgan fingerprint density at radius 2 is 1.66 bits per heavy atom. The fraction of sp³-hybridized carbons (Fsp3) is 0.143. The van der Waals surface area contributed by atoms with E-state index < -0.39 is 17.9 Å². The number of benzene rings is 2. The van der Waals surface area contributed by atoms with E-state index in [0.29, 0.717) is 21.4 Å². The number of amides is 1. The predicted molar refractivity (Wildman–Crippen MR) is 108 cm³/mol. The first-order valence-electron chi connectivity index (χ1n) is 8.69. The molecule has 1 heterocycles. The predicted octanol–water partition coefficient (Wildman–Crippen LogP) is 4.68. The molecule has 150 valence electrons. The largest absolute Gasteiger partial charge is 0.487 e. The van der Waals surface area contributed by atoms with E-state index >= 15 is 0 Å². The van der Waals surface area contributed by atoms with Gasteiger partial charge in [-0.1, -0.05) is 59.6 Å². The summed E-state index contributed by atoms with van der Waals surface area (Å²) in [6, 6.07) is 15.8. The monoisotopic (exact) mass is 433 g/mol. The quantitative estimate of drug-likeness (QED) is 0.412. The first-order chi connectivity index (χ1) is 14.1. The number of ether oxygens (including phenoxy) is 2. The normalized spacial score (nSPS) is 11.5. The van der Waals surface area contributed by atoms with Crippen LogP contribution in [0.5, 0.6) is 5.75 Å². The molecular weight excluding hydrogens is 417 g/mol. The molecule has 0 saturated carbocycles. The number of halogens is 2. The molecular formula is C21H17Cl2NO5. The van der Waals surface area contributed by atoms with Gasteiger partial charge in [0.05, 0.1) is 16.3 Å². The fourth-order valence-corrected chi connectivity index (χ4v) is 3.03. The topological polar surface area (TPSA) is 77.8 Å². The Balaban J connectivity index is 1.61. The molecule has 0 aliphatic rings. The number of esters is 1. The second kappa shape index (κ2) is 10.0. The summed E-state index contributed by atoms with van der Waals surface area (Å²) in [6.07, 6.45) is 1.38. The van der Waals surface area contributed by atoms with Gasteiger partial charge in [-0.15, -0.1) is 0 Å². The van der Waals surface area contributed by atoms with Gasteiger partial charge in [0.15, 0.2) is 17.6 Å². The van der Waals surface area contributed by atoms with Crippen LogP contribution in [0.2, 0.25) is 10.0 Å². The Morgan fingerprint density at radius 1 is 0.931 bits per heavy atom. The highest BCUT2D eigenvalue weighted by Crippen LogP contribution is 2.32. The zero-order valence-corrected chi connectivity index (χ0v) is 16.7. The Morgan fingerprint density at radius 3 is 2.31 bits per heavy atom. The third-order valence-electron chi connectivity index (χ3n) is 3.88. The van der Waals surface area contributed by atoms with Crippen LogP contribution in [0, 0.1) is 0 Å². The van der Waals surface area contributed by atoms with Gasteiger partial charge in [0, 0.05) is 0 Å². The maximum absolute atomic E-state index is 12.6. The molecule has 1 atom stereocenters. The van der Waals surface area contributed by atoms with Gasteiger partial charge in [-0.2, -0.15) is 0 Å². The number of hydrogen-bond donors (Lipinski definition) is 1. The first kappa shape index (κ1) is 20.8. The molecule has 1 amide bonds. The summed E-state index contributed by atoms with van der Waals surface area (Å²) in [5.41, 5.74) is 0.576. The standard InChI is InChI=1S/C21H17Cl2NO5/c22-15-8-4-9-16(23)19(15)28-12-13-29-21(26)18(14-6-2-1-3-7-14)24-20(25)17-10-5-11-27-17/h1-11,18H,12-13H2,(H,24,25). The Kier molecular flexibility index (Phi) is 7.16. The van der Waals surface area contributed by atoms with Crippen molar-refractivity contribution in [3.8, 4) is 5.75 Å². The Bertz CT molecular complexity index is 940. The van der Waals surface area contributed by atoms with E-state index in [9.17, 15) is 9.59 Å². The number of para-hydroxylation sites is 1. The number of carbonyl (C=O) groups is 2. The van der Waals surface area contributed by atoms with Crippen molar-refractivity contribution in [1.29, 1.82) is 0 Å². The molecule has 0 fully saturated rings. The molecule has 0 spiro atoms. The minimum atomic E-state index is -1.00. The molecule has 0 aliphatic carbocycles. The second-order valence-electron chi connectivity index (χ2n) is 5.86. The highest BCUT2D eigenvalue weighted by molar-refractivity contribution is 6.37. The van der Waals surface area contributed by atoms with E-state index in [2.05, 4.69) is 5.32 Å². The van der Waals surface area contributed by atoms with Crippen molar-refractivity contribution in [3.05, 3.63) is 88.3 Å². The van der Waals surface area contributed by atoms with Crippen LogP contribution in [0.15, 0.2) is 71.3 Å². The molecule has 1 aromatic heterocycles. The van der Waals surface area contributed by atoms with Gasteiger partial charge in [-0.25, -0.2) is 4.79 Å². The Hall–Kier alpha value is -2.96. The molecule has 1 unspecified atom stereocenters. The summed E-state index contributed by atoms with van der Waals surface area (Å²) < 4.78 is 15.9. The molecule has 0 saturated heterocycles. The van der Waals surface area contributed by atoms with E-state index in [1.165, 1.54) is 12.3 Å². The zero-order chi connectivity index (χ0) is 20.6. The zero-order valence-electron chi connectivity index (χ0n) is 15.1. The summed E-state index contributed by atoms with van der Waals surface area (Å²) in [4.78, 5) is 24.9. The van der Waals surface area contributed by atoms with E-state index in [-0.39, 0.29) is 19.0 Å². The fourth-order valence-electron chi connectivity index (χ4n) is 2.52. The molecule has 0 radical (unpaired) electrons.